The van der Waals surface area contributed by atoms with Gasteiger partial charge in [0.05, 0.1) is 0 Å². The van der Waals surface area contributed by atoms with E-state index >= 15 is 0 Å². The van der Waals surface area contributed by atoms with Gasteiger partial charge in [-0.25, -0.2) is 0 Å². The first-order chi connectivity index (χ1) is 8.66. The van der Waals surface area contributed by atoms with Crippen LogP contribution in [0.3, 0.4) is 0 Å². The molecule has 0 heterocycles. The van der Waals surface area contributed by atoms with Crippen LogP contribution in [-0.2, 0) is 14.9 Å². The van der Waals surface area contributed by atoms with Crippen molar-refractivity contribution in [3.05, 3.63) is 50.9 Å². The predicted octanol–water partition coefficient (Wildman–Crippen LogP) is 4.74. The molecule has 0 aromatic heterocycles. The molecule has 1 aliphatic rings. The zero-order valence-corrected chi connectivity index (χ0v) is 19.0. The van der Waals surface area contributed by atoms with E-state index in [1.807, 2.05) is 0 Å². The van der Waals surface area contributed by atoms with Crippen molar-refractivity contribution in [2.45, 2.75) is 37.6 Å². The van der Waals surface area contributed by atoms with Crippen LogP contribution in [-0.4, -0.2) is 8.11 Å². The summed E-state index contributed by atoms with van der Waals surface area (Å²) in [5, 5.41) is 4.85. The van der Waals surface area contributed by atoms with Crippen molar-refractivity contribution in [3.63, 3.8) is 0 Å². The number of aryl methyl sites for hydroxylation is 2. The molecule has 0 fully saturated rings. The molecule has 0 unspecified atom stereocenters. The van der Waals surface area contributed by atoms with Crippen LogP contribution in [0.5, 0.6) is 5.75 Å². The quantitative estimate of drug-likeness (QED) is 0.687. The Bertz CT molecular complexity index is 565. The molecule has 0 amide bonds. The van der Waals surface area contributed by atoms with E-state index in [9.17, 15) is 0 Å². The fraction of sp³-hybridized carbons (Fsp3) is 0.375. The number of halogens is 2. The second-order valence-corrected chi connectivity index (χ2v) is 29.7. The molecule has 1 aromatic rings. The Labute approximate surface area is 145 Å². The maximum absolute atomic E-state index is 6.66. The number of benzene rings is 1. The van der Waals surface area contributed by atoms with Crippen LogP contribution in [0.15, 0.2) is 39.8 Å². The van der Waals surface area contributed by atoms with Gasteiger partial charge in [0.2, 0.25) is 0 Å². The first-order valence-electron chi connectivity index (χ1n) is 7.02. The molecule has 0 N–H and O–H groups in total. The molecule has 0 saturated carbocycles. The molecule has 0 aliphatic heterocycles. The Hall–Kier alpha value is 0.0112. The average molecular weight is 382 g/mol. The molecule has 0 radical (unpaired) electrons. The molecule has 5 heteroatoms. The first kappa shape index (κ1) is 21.0. The number of rotatable bonds is 3. The van der Waals surface area contributed by atoms with E-state index in [4.69, 9.17) is 3.32 Å². The third kappa shape index (κ3) is 5.01. The predicted molar refractivity (Wildman–Crippen MR) is 99.2 cm³/mol. The molecular formula is C16H27Cl2OSiTi. The Kier molecular flexibility index (Phi) is 7.06. The molecule has 21 heavy (non-hydrogen) atoms. The van der Waals surface area contributed by atoms with Gasteiger partial charge in [0.1, 0.15) is 0 Å². The first-order valence-corrected chi connectivity index (χ1v) is 17.3. The minimum Gasteiger partial charge on any atom is -0.147 e. The SMILES string of the molecule is CC1=[C]([Ti]([CH3])([CH3])([SiH3])[O]c2cc(C)cc(C)c2)CC=C1.Cl.Cl. The van der Waals surface area contributed by atoms with Gasteiger partial charge in [0, 0.05) is 0 Å². The molecule has 0 saturated heterocycles. The summed E-state index contributed by atoms with van der Waals surface area (Å²) in [6.45, 7) is 6.51. The number of allylic oxidation sites excluding steroid dienone is 4. The maximum Gasteiger partial charge on any atom is -0.147 e. The van der Waals surface area contributed by atoms with Crippen LogP contribution in [0, 0.1) is 13.8 Å². The summed E-state index contributed by atoms with van der Waals surface area (Å²) in [5.74, 6) is 1.07. The van der Waals surface area contributed by atoms with Crippen molar-refractivity contribution in [1.82, 2.24) is 0 Å². The van der Waals surface area contributed by atoms with Gasteiger partial charge in [0.15, 0.2) is 0 Å². The largest absolute Gasteiger partial charge is 0.147 e. The van der Waals surface area contributed by atoms with Crippen LogP contribution in [0.1, 0.15) is 24.5 Å². The van der Waals surface area contributed by atoms with E-state index in [1.54, 1.807) is 3.88 Å². The maximum atomic E-state index is 6.66. The van der Waals surface area contributed by atoms with Crippen molar-refractivity contribution in [2.24, 2.45) is 0 Å². The summed E-state index contributed by atoms with van der Waals surface area (Å²) in [7, 11) is 1.14. The molecule has 1 aromatic carbocycles. The molecule has 2 rings (SSSR count). The Morgan fingerprint density at radius 1 is 1.00 bits per heavy atom. The molecule has 119 valence electrons. The van der Waals surface area contributed by atoms with Crippen LogP contribution in [0.25, 0.3) is 0 Å². The molecular weight excluding hydrogens is 355 g/mol. The van der Waals surface area contributed by atoms with Crippen molar-refractivity contribution in [2.75, 3.05) is 0 Å². The Balaban J connectivity index is 0.00000200. The fourth-order valence-electron chi connectivity index (χ4n) is 3.10. The molecule has 0 bridgehead atoms. The van der Waals surface area contributed by atoms with Crippen LogP contribution < -0.4 is 3.32 Å². The summed E-state index contributed by atoms with van der Waals surface area (Å²) in [4.78, 5) is 0. The second-order valence-electron chi connectivity index (χ2n) is 7.16. The minimum absolute atomic E-state index is 0. The van der Waals surface area contributed by atoms with E-state index < -0.39 is 14.9 Å². The number of hydrogen-bond donors (Lipinski definition) is 0. The molecule has 1 aliphatic carbocycles. The van der Waals surface area contributed by atoms with E-state index in [0.29, 0.717) is 0 Å². The summed E-state index contributed by atoms with van der Waals surface area (Å²) in [5.41, 5.74) is 4.02. The second kappa shape index (κ2) is 7.06. The van der Waals surface area contributed by atoms with Gasteiger partial charge in [-0.05, 0) is 0 Å². The molecule has 1 nitrogen and oxygen atoms in total. The van der Waals surface area contributed by atoms with Gasteiger partial charge in [-0.2, -0.15) is 0 Å². The normalized spacial score (nSPS) is 16.0. The van der Waals surface area contributed by atoms with E-state index in [-0.39, 0.29) is 24.8 Å². The molecule has 0 spiro atoms. The van der Waals surface area contributed by atoms with Crippen molar-refractivity contribution < 1.29 is 18.3 Å². The number of hydrogen-bond acceptors (Lipinski definition) is 1. The van der Waals surface area contributed by atoms with Gasteiger partial charge < -0.3 is 0 Å². The zero-order valence-electron chi connectivity index (χ0n) is 13.8. The summed E-state index contributed by atoms with van der Waals surface area (Å²) >= 11 is -2.89. The van der Waals surface area contributed by atoms with Gasteiger partial charge in [0.25, 0.3) is 0 Å². The smallest absolute Gasteiger partial charge is 0.147 e. The van der Waals surface area contributed by atoms with Gasteiger partial charge >= 0.3 is 121 Å². The molecule has 0 atom stereocenters. The van der Waals surface area contributed by atoms with Gasteiger partial charge in [-0.15, -0.1) is 24.8 Å². The van der Waals surface area contributed by atoms with Crippen LogP contribution in [0.2, 0.25) is 10.5 Å². The standard InChI is InChI=1S/C8H10O.C6H7.2CH3.2ClH.H3Si.Ti/c1-6-3-7(2)5-8(9)4-6;1-6-4-2-3-5-6;;;;;;/h3-5,9H,1-2H3;2,4H,3H2,1H3;2*1H3;2*1H;1H3;/q;;;;;;;+1/p-1. The van der Waals surface area contributed by atoms with Gasteiger partial charge in [-0.3, -0.25) is 0 Å². The van der Waals surface area contributed by atoms with Crippen LogP contribution >= 0.6 is 24.8 Å². The summed E-state index contributed by atoms with van der Waals surface area (Å²) in [6.07, 6.45) is 5.64. The Morgan fingerprint density at radius 3 is 1.95 bits per heavy atom. The van der Waals surface area contributed by atoms with Gasteiger partial charge in [-0.1, -0.05) is 0 Å². The van der Waals surface area contributed by atoms with Crippen LogP contribution in [0.4, 0.5) is 0 Å². The van der Waals surface area contributed by atoms with Crippen molar-refractivity contribution in [1.29, 1.82) is 0 Å². The van der Waals surface area contributed by atoms with Crippen molar-refractivity contribution in [3.8, 4) is 5.75 Å². The Morgan fingerprint density at radius 2 is 1.52 bits per heavy atom. The van der Waals surface area contributed by atoms with E-state index in [0.717, 1.165) is 20.3 Å². The topological polar surface area (TPSA) is 9.23 Å². The summed E-state index contributed by atoms with van der Waals surface area (Å²) in [6, 6.07) is 6.56. The van der Waals surface area contributed by atoms with E-state index in [1.165, 1.54) is 16.7 Å². The van der Waals surface area contributed by atoms with E-state index in [2.05, 4.69) is 61.6 Å². The fourth-order valence-corrected chi connectivity index (χ4v) is 11.7. The average Bonchev–Trinajstić information content (AvgIpc) is 2.61. The summed E-state index contributed by atoms with van der Waals surface area (Å²) < 4.78 is 8.27. The minimum atomic E-state index is -2.89. The third-order valence-electron chi connectivity index (χ3n) is 3.86. The zero-order chi connectivity index (χ0) is 14.3. The monoisotopic (exact) mass is 381 g/mol. The third-order valence-corrected chi connectivity index (χ3v) is 12.8. The van der Waals surface area contributed by atoms with Crippen molar-refractivity contribution >= 4 is 32.9 Å².